The van der Waals surface area contributed by atoms with Crippen LogP contribution in [0, 0.1) is 5.92 Å². The van der Waals surface area contributed by atoms with Crippen LogP contribution >= 0.6 is 0 Å². The van der Waals surface area contributed by atoms with Crippen LogP contribution in [0.25, 0.3) is 10.8 Å². The summed E-state index contributed by atoms with van der Waals surface area (Å²) >= 11 is 0. The summed E-state index contributed by atoms with van der Waals surface area (Å²) in [5.74, 6) is 0.356. The maximum atomic E-state index is 4.79. The van der Waals surface area contributed by atoms with E-state index in [1.807, 2.05) is 6.07 Å². The van der Waals surface area contributed by atoms with Crippen molar-refractivity contribution in [2.24, 2.45) is 11.0 Å². The van der Waals surface area contributed by atoms with Gasteiger partial charge < -0.3 is 4.90 Å². The normalized spacial score (nSPS) is 16.3. The molecule has 3 aromatic rings. The number of hydrogen-bond acceptors (Lipinski definition) is 3. The van der Waals surface area contributed by atoms with Gasteiger partial charge in [-0.2, -0.15) is 5.10 Å². The number of nitrogens with one attached hydrogen (secondary N) is 1. The molecule has 4 rings (SSSR count). The van der Waals surface area contributed by atoms with E-state index in [0.717, 1.165) is 23.4 Å². The molecule has 0 saturated carbocycles. The van der Waals surface area contributed by atoms with Crippen LogP contribution < -0.4 is 5.43 Å². The van der Waals surface area contributed by atoms with Crippen molar-refractivity contribution in [3.8, 4) is 0 Å². The van der Waals surface area contributed by atoms with Crippen LogP contribution in [-0.4, -0.2) is 24.7 Å². The maximum Gasteiger partial charge on any atom is 0.0688 e. The van der Waals surface area contributed by atoms with E-state index in [0.29, 0.717) is 5.92 Å². The van der Waals surface area contributed by atoms with Gasteiger partial charge in [0.25, 0.3) is 0 Å². The summed E-state index contributed by atoms with van der Waals surface area (Å²) in [5.41, 5.74) is 7.73. The van der Waals surface area contributed by atoms with Crippen molar-refractivity contribution in [1.29, 1.82) is 0 Å². The van der Waals surface area contributed by atoms with Gasteiger partial charge in [-0.05, 0) is 34.5 Å². The quantitative estimate of drug-likeness (QED) is 0.448. The molecule has 0 radical (unpaired) electrons. The van der Waals surface area contributed by atoms with Crippen LogP contribution in [-0.2, 0) is 0 Å². The van der Waals surface area contributed by atoms with E-state index >= 15 is 0 Å². The number of anilines is 1. The molecule has 0 aromatic heterocycles. The molecule has 1 N–H and O–H groups in total. The van der Waals surface area contributed by atoms with Crippen molar-refractivity contribution in [2.75, 3.05) is 19.5 Å². The Hall–Kier alpha value is -3.33. The highest BCUT2D eigenvalue weighted by Gasteiger charge is 2.15. The highest BCUT2D eigenvalue weighted by atomic mass is 15.3. The minimum atomic E-state index is 0.356. The molecule has 0 amide bonds. The van der Waals surface area contributed by atoms with Gasteiger partial charge in [-0.25, -0.2) is 0 Å². The fourth-order valence-corrected chi connectivity index (χ4v) is 3.45. The topological polar surface area (TPSA) is 27.6 Å². The number of benzene rings is 3. The Balaban J connectivity index is 1.59. The minimum Gasteiger partial charge on any atom is -0.378 e. The van der Waals surface area contributed by atoms with Gasteiger partial charge in [-0.3, -0.25) is 5.43 Å². The Bertz CT molecular complexity index is 1050. The Morgan fingerprint density at radius 2 is 1.68 bits per heavy atom. The smallest absolute Gasteiger partial charge is 0.0688 e. The van der Waals surface area contributed by atoms with Crippen LogP contribution in [0.3, 0.4) is 0 Å². The van der Waals surface area contributed by atoms with Crippen LogP contribution in [0.2, 0.25) is 0 Å². The van der Waals surface area contributed by atoms with Crippen LogP contribution in [0.4, 0.5) is 5.69 Å². The fraction of sp³-hybridized carbons (Fsp3) is 0.160. The summed E-state index contributed by atoms with van der Waals surface area (Å²) in [4.78, 5) is 2.14. The molecule has 1 atom stereocenters. The summed E-state index contributed by atoms with van der Waals surface area (Å²) in [6, 6.07) is 25.1. The third-order valence-electron chi connectivity index (χ3n) is 5.02. The van der Waals surface area contributed by atoms with Crippen LogP contribution in [0.5, 0.6) is 0 Å². The van der Waals surface area contributed by atoms with E-state index in [2.05, 4.69) is 109 Å². The van der Waals surface area contributed by atoms with Crippen LogP contribution in [0.1, 0.15) is 12.0 Å². The predicted molar refractivity (Wildman–Crippen MR) is 120 cm³/mol. The summed E-state index contributed by atoms with van der Waals surface area (Å²) < 4.78 is 0. The van der Waals surface area contributed by atoms with E-state index < -0.39 is 0 Å². The molecule has 0 fully saturated rings. The zero-order chi connectivity index (χ0) is 19.3. The summed E-state index contributed by atoms with van der Waals surface area (Å²) in [7, 11) is 4.15. The molecule has 140 valence electrons. The summed E-state index contributed by atoms with van der Waals surface area (Å²) in [5, 5.41) is 7.24. The predicted octanol–water partition coefficient (Wildman–Crippen LogP) is 5.68. The number of fused-ring (bicyclic) bond motifs is 1. The van der Waals surface area contributed by atoms with E-state index in [4.69, 9.17) is 5.10 Å². The third kappa shape index (κ3) is 4.15. The zero-order valence-corrected chi connectivity index (χ0v) is 16.3. The van der Waals surface area contributed by atoms with Gasteiger partial charge in [0.2, 0.25) is 0 Å². The SMILES string of the molecule is CN(C)C1=CC(CC(=NNc2ccc3ccccc3c2)c2ccccc2)C=C1. The molecule has 1 aliphatic rings. The van der Waals surface area contributed by atoms with E-state index in [1.54, 1.807) is 0 Å². The highest BCUT2D eigenvalue weighted by molar-refractivity contribution is 6.01. The Morgan fingerprint density at radius 1 is 0.929 bits per heavy atom. The van der Waals surface area contributed by atoms with Gasteiger partial charge in [0.05, 0.1) is 11.4 Å². The van der Waals surface area contributed by atoms with E-state index in [-0.39, 0.29) is 0 Å². The van der Waals surface area contributed by atoms with Crippen molar-refractivity contribution >= 4 is 22.2 Å². The van der Waals surface area contributed by atoms with Gasteiger partial charge in [-0.1, -0.05) is 72.8 Å². The summed E-state index contributed by atoms with van der Waals surface area (Å²) in [6.07, 6.45) is 7.60. The molecule has 1 unspecified atom stereocenters. The standard InChI is InChI=1S/C25H25N3/c1-28(2)24-15-12-19(16-24)17-25(21-9-4-3-5-10-21)27-26-23-14-13-20-8-6-7-11-22(20)18-23/h3-16,18-19,26H,17H2,1-2H3. The molecule has 3 nitrogen and oxygen atoms in total. The molecule has 0 aliphatic heterocycles. The maximum absolute atomic E-state index is 4.79. The first-order valence-corrected chi connectivity index (χ1v) is 9.63. The number of allylic oxidation sites excluding steroid dienone is 3. The van der Waals surface area contributed by atoms with Crippen molar-refractivity contribution in [3.05, 3.63) is 102 Å². The number of nitrogens with zero attached hydrogens (tertiary/aromatic N) is 2. The molecule has 28 heavy (non-hydrogen) atoms. The second-order valence-electron chi connectivity index (χ2n) is 7.31. The lowest BCUT2D eigenvalue weighted by Crippen LogP contribution is -2.10. The van der Waals surface area contributed by atoms with Gasteiger partial charge in [0.1, 0.15) is 0 Å². The first-order valence-electron chi connectivity index (χ1n) is 9.63. The van der Waals surface area contributed by atoms with E-state index in [1.165, 1.54) is 16.5 Å². The Morgan fingerprint density at radius 3 is 2.43 bits per heavy atom. The lowest BCUT2D eigenvalue weighted by Gasteiger charge is -2.13. The average Bonchev–Trinajstić information content (AvgIpc) is 3.20. The molecule has 0 saturated heterocycles. The second kappa shape index (κ2) is 8.13. The van der Waals surface area contributed by atoms with Crippen LogP contribution in [0.15, 0.2) is 102 Å². The van der Waals surface area contributed by atoms with Gasteiger partial charge in [0.15, 0.2) is 0 Å². The minimum absolute atomic E-state index is 0.356. The molecule has 0 heterocycles. The second-order valence-corrected chi connectivity index (χ2v) is 7.31. The number of hydrogen-bond donors (Lipinski definition) is 1. The lowest BCUT2D eigenvalue weighted by molar-refractivity contribution is 0.529. The van der Waals surface area contributed by atoms with Crippen molar-refractivity contribution in [1.82, 2.24) is 4.90 Å². The van der Waals surface area contributed by atoms with Crippen molar-refractivity contribution in [2.45, 2.75) is 6.42 Å². The first kappa shape index (κ1) is 18.1. The Kier molecular flexibility index (Phi) is 5.24. The van der Waals surface area contributed by atoms with Gasteiger partial charge >= 0.3 is 0 Å². The van der Waals surface area contributed by atoms with Crippen molar-refractivity contribution in [3.63, 3.8) is 0 Å². The van der Waals surface area contributed by atoms with Crippen molar-refractivity contribution < 1.29 is 0 Å². The van der Waals surface area contributed by atoms with E-state index in [9.17, 15) is 0 Å². The number of rotatable bonds is 6. The zero-order valence-electron chi connectivity index (χ0n) is 16.3. The molecular formula is C25H25N3. The molecule has 1 aliphatic carbocycles. The number of likely N-dealkylation sites (N-methyl/N-ethyl adjacent to an activating group) is 1. The largest absolute Gasteiger partial charge is 0.378 e. The Labute approximate surface area is 166 Å². The molecule has 0 spiro atoms. The molecule has 0 bridgehead atoms. The third-order valence-corrected chi connectivity index (χ3v) is 5.02. The summed E-state index contributed by atoms with van der Waals surface area (Å²) in [6.45, 7) is 0. The lowest BCUT2D eigenvalue weighted by atomic mass is 9.98. The number of hydrazone groups is 1. The molecule has 3 heteroatoms. The molecule has 3 aromatic carbocycles. The first-order chi connectivity index (χ1) is 13.7. The highest BCUT2D eigenvalue weighted by Crippen LogP contribution is 2.23. The monoisotopic (exact) mass is 367 g/mol. The van der Waals surface area contributed by atoms with Gasteiger partial charge in [-0.15, -0.1) is 0 Å². The average molecular weight is 367 g/mol. The molecular weight excluding hydrogens is 342 g/mol. The fourth-order valence-electron chi connectivity index (χ4n) is 3.45. The van der Waals surface area contributed by atoms with Gasteiger partial charge in [0, 0.05) is 32.1 Å².